The summed E-state index contributed by atoms with van der Waals surface area (Å²) >= 11 is 0. The Labute approximate surface area is 190 Å². The molecule has 0 aliphatic carbocycles. The van der Waals surface area contributed by atoms with E-state index in [0.29, 0.717) is 55.1 Å². The van der Waals surface area contributed by atoms with Crippen LogP contribution in [0, 0.1) is 6.92 Å². The summed E-state index contributed by atoms with van der Waals surface area (Å²) in [5.41, 5.74) is 7.35. The normalized spacial score (nSPS) is 14.2. The summed E-state index contributed by atoms with van der Waals surface area (Å²) < 4.78 is 12.7. The van der Waals surface area contributed by atoms with Gasteiger partial charge in [-0.1, -0.05) is 29.8 Å². The molecule has 168 valence electrons. The highest BCUT2D eigenvalue weighted by atomic mass is 16.5. The maximum atomic E-state index is 5.49. The summed E-state index contributed by atoms with van der Waals surface area (Å²) in [7, 11) is 1.59. The van der Waals surface area contributed by atoms with Gasteiger partial charge < -0.3 is 14.4 Å². The van der Waals surface area contributed by atoms with E-state index in [-0.39, 0.29) is 0 Å². The topological polar surface area (TPSA) is 103 Å². The number of nitrogens with one attached hydrogen (secondary N) is 1. The summed E-state index contributed by atoms with van der Waals surface area (Å²) in [5, 5.41) is 4.41. The van der Waals surface area contributed by atoms with Crippen molar-refractivity contribution in [3.8, 4) is 11.6 Å². The first-order valence-electron chi connectivity index (χ1n) is 10.7. The van der Waals surface area contributed by atoms with Gasteiger partial charge >= 0.3 is 0 Å². The Kier molecular flexibility index (Phi) is 5.81. The molecule has 0 atom stereocenters. The zero-order valence-corrected chi connectivity index (χ0v) is 18.5. The number of hydrazone groups is 1. The van der Waals surface area contributed by atoms with E-state index in [0.717, 1.165) is 11.3 Å². The van der Waals surface area contributed by atoms with Gasteiger partial charge in [0.15, 0.2) is 17.0 Å². The average Bonchev–Trinajstić information content (AvgIpc) is 3.29. The number of benzene rings is 1. The van der Waals surface area contributed by atoms with Crippen LogP contribution >= 0.6 is 0 Å². The molecule has 0 bridgehead atoms. The van der Waals surface area contributed by atoms with Gasteiger partial charge in [0.05, 0.1) is 32.2 Å². The molecule has 0 radical (unpaired) electrons. The van der Waals surface area contributed by atoms with Gasteiger partial charge in [-0.05, 0) is 18.6 Å². The highest BCUT2D eigenvalue weighted by Crippen LogP contribution is 2.26. The number of nitrogens with zero attached hydrogens (tertiary/aromatic N) is 7. The molecule has 1 fully saturated rings. The van der Waals surface area contributed by atoms with Crippen LogP contribution in [0.15, 0.2) is 54.0 Å². The average molecular weight is 444 g/mol. The lowest BCUT2D eigenvalue weighted by Crippen LogP contribution is -2.37. The van der Waals surface area contributed by atoms with Crippen LogP contribution in [0.2, 0.25) is 0 Å². The smallest absolute Gasteiger partial charge is 0.229 e. The van der Waals surface area contributed by atoms with Gasteiger partial charge in [0, 0.05) is 25.4 Å². The SMILES string of the molecule is COc1cc(-n2cnc3c(N/N=C/c4cccc(C)c4)nc(N4CCOCC4)nc32)ccn1. The highest BCUT2D eigenvalue weighted by Gasteiger charge is 2.20. The second kappa shape index (κ2) is 9.21. The van der Waals surface area contributed by atoms with Gasteiger partial charge in [-0.2, -0.15) is 15.1 Å². The summed E-state index contributed by atoms with van der Waals surface area (Å²) in [6.45, 7) is 4.75. The molecule has 4 aromatic rings. The third-order valence-electron chi connectivity index (χ3n) is 5.31. The first kappa shape index (κ1) is 20.8. The highest BCUT2D eigenvalue weighted by molar-refractivity contribution is 5.87. The Morgan fingerprint density at radius 1 is 1.12 bits per heavy atom. The van der Waals surface area contributed by atoms with Gasteiger partial charge in [-0.15, -0.1) is 0 Å². The number of aromatic nitrogens is 5. The van der Waals surface area contributed by atoms with E-state index in [4.69, 9.17) is 19.4 Å². The predicted molar refractivity (Wildman–Crippen MR) is 126 cm³/mol. The Balaban J connectivity index is 1.55. The van der Waals surface area contributed by atoms with E-state index >= 15 is 0 Å². The number of aryl methyl sites for hydroxylation is 1. The molecule has 0 saturated carbocycles. The first-order chi connectivity index (χ1) is 16.2. The number of pyridine rings is 1. The minimum atomic E-state index is 0.512. The van der Waals surface area contributed by atoms with Crippen LogP contribution in [-0.4, -0.2) is 64.1 Å². The molecule has 3 aromatic heterocycles. The van der Waals surface area contributed by atoms with Gasteiger partial charge in [0.2, 0.25) is 11.8 Å². The lowest BCUT2D eigenvalue weighted by atomic mass is 10.2. The zero-order chi connectivity index (χ0) is 22.6. The largest absolute Gasteiger partial charge is 0.481 e. The van der Waals surface area contributed by atoms with E-state index in [1.807, 2.05) is 41.8 Å². The third-order valence-corrected chi connectivity index (χ3v) is 5.31. The Morgan fingerprint density at radius 3 is 2.82 bits per heavy atom. The Morgan fingerprint density at radius 2 is 2.00 bits per heavy atom. The maximum Gasteiger partial charge on any atom is 0.229 e. The standard InChI is InChI=1S/C23H24N8O2/c1-16-4-3-5-17(12-16)14-26-29-21-20-22(28-23(27-21)30-8-10-33-11-9-30)31(15-25-20)18-6-7-24-19(13-18)32-2/h3-7,12-15H,8-11H2,1-2H3,(H,27,28,29)/b26-14+. The fourth-order valence-corrected chi connectivity index (χ4v) is 3.64. The summed E-state index contributed by atoms with van der Waals surface area (Å²) in [6.07, 6.45) is 5.17. The number of rotatable bonds is 6. The molecule has 0 unspecified atom stereocenters. The van der Waals surface area contributed by atoms with Crippen molar-refractivity contribution in [3.63, 3.8) is 0 Å². The second-order valence-electron chi connectivity index (χ2n) is 7.60. The number of morpholine rings is 1. The van der Waals surface area contributed by atoms with Crippen LogP contribution in [0.5, 0.6) is 5.88 Å². The van der Waals surface area contributed by atoms with E-state index in [2.05, 4.69) is 31.5 Å². The molecule has 0 spiro atoms. The second-order valence-corrected chi connectivity index (χ2v) is 7.60. The summed E-state index contributed by atoms with van der Waals surface area (Å²) in [5.74, 6) is 1.64. The number of methoxy groups -OCH3 is 1. The number of hydrogen-bond donors (Lipinski definition) is 1. The van der Waals surface area contributed by atoms with Gasteiger partial charge in [-0.3, -0.25) is 9.99 Å². The van der Waals surface area contributed by atoms with E-state index < -0.39 is 0 Å². The molecular formula is C23H24N8O2. The third kappa shape index (κ3) is 4.46. The van der Waals surface area contributed by atoms with E-state index in [9.17, 15) is 0 Å². The van der Waals surface area contributed by atoms with Crippen LogP contribution in [0.25, 0.3) is 16.9 Å². The number of ether oxygens (including phenoxy) is 2. The molecule has 1 saturated heterocycles. The molecule has 5 rings (SSSR count). The summed E-state index contributed by atoms with van der Waals surface area (Å²) in [4.78, 5) is 20.4. The predicted octanol–water partition coefficient (Wildman–Crippen LogP) is 2.81. The minimum Gasteiger partial charge on any atom is -0.481 e. The molecule has 1 aliphatic heterocycles. The number of fused-ring (bicyclic) bond motifs is 1. The van der Waals surface area contributed by atoms with Crippen molar-refractivity contribution < 1.29 is 9.47 Å². The van der Waals surface area contributed by atoms with Crippen LogP contribution in [0.4, 0.5) is 11.8 Å². The quantitative estimate of drug-likeness (QED) is 0.358. The molecule has 1 aliphatic rings. The Bertz CT molecular complexity index is 1300. The van der Waals surface area contributed by atoms with Crippen LogP contribution in [0.1, 0.15) is 11.1 Å². The van der Waals surface area contributed by atoms with Gasteiger partial charge in [0.25, 0.3) is 0 Å². The van der Waals surface area contributed by atoms with E-state index in [1.54, 1.807) is 25.8 Å². The number of anilines is 2. The molecule has 1 aromatic carbocycles. The molecule has 10 nitrogen and oxygen atoms in total. The lowest BCUT2D eigenvalue weighted by Gasteiger charge is -2.27. The Hall–Kier alpha value is -4.05. The fourth-order valence-electron chi connectivity index (χ4n) is 3.64. The van der Waals surface area contributed by atoms with Crippen LogP contribution in [0.3, 0.4) is 0 Å². The molecule has 10 heteroatoms. The molecular weight excluding hydrogens is 420 g/mol. The molecule has 33 heavy (non-hydrogen) atoms. The monoisotopic (exact) mass is 444 g/mol. The van der Waals surface area contributed by atoms with Crippen molar-refractivity contribution in [3.05, 3.63) is 60.0 Å². The molecule has 0 amide bonds. The van der Waals surface area contributed by atoms with Crippen molar-refractivity contribution >= 4 is 29.1 Å². The van der Waals surface area contributed by atoms with E-state index in [1.165, 1.54) is 5.56 Å². The zero-order valence-electron chi connectivity index (χ0n) is 18.5. The lowest BCUT2D eigenvalue weighted by molar-refractivity contribution is 0.122. The van der Waals surface area contributed by atoms with Crippen molar-refractivity contribution in [2.75, 3.05) is 43.7 Å². The van der Waals surface area contributed by atoms with Crippen LogP contribution in [-0.2, 0) is 4.74 Å². The van der Waals surface area contributed by atoms with Crippen molar-refractivity contribution in [2.45, 2.75) is 6.92 Å². The maximum absolute atomic E-state index is 5.49. The summed E-state index contributed by atoms with van der Waals surface area (Å²) in [6, 6.07) is 11.8. The number of hydrogen-bond acceptors (Lipinski definition) is 9. The number of imidazole rings is 1. The van der Waals surface area contributed by atoms with Crippen LogP contribution < -0.4 is 15.1 Å². The van der Waals surface area contributed by atoms with Gasteiger partial charge in [0.1, 0.15) is 6.33 Å². The molecule has 4 heterocycles. The minimum absolute atomic E-state index is 0.512. The first-order valence-corrected chi connectivity index (χ1v) is 10.7. The van der Waals surface area contributed by atoms with Crippen molar-refractivity contribution in [1.29, 1.82) is 0 Å². The van der Waals surface area contributed by atoms with Gasteiger partial charge in [-0.25, -0.2) is 9.97 Å². The van der Waals surface area contributed by atoms with Crippen molar-refractivity contribution in [1.82, 2.24) is 24.5 Å². The fraction of sp³-hybridized carbons (Fsp3) is 0.261. The van der Waals surface area contributed by atoms with Crippen molar-refractivity contribution in [2.24, 2.45) is 5.10 Å². The molecule has 1 N–H and O–H groups in total.